The molecule has 2 aromatic rings. The summed E-state index contributed by atoms with van der Waals surface area (Å²) < 4.78 is 27.0. The SMILES string of the molecule is CSc1ccc(CNS(=O)(=O)c2cccc(C)c2)cc1. The molecule has 0 aliphatic carbocycles. The van der Waals surface area contributed by atoms with Crippen LogP contribution >= 0.6 is 11.8 Å². The van der Waals surface area contributed by atoms with Crippen LogP contribution in [-0.4, -0.2) is 14.7 Å². The summed E-state index contributed by atoms with van der Waals surface area (Å²) in [5, 5.41) is 0. The average molecular weight is 307 g/mol. The summed E-state index contributed by atoms with van der Waals surface area (Å²) in [6.07, 6.45) is 2.01. The lowest BCUT2D eigenvalue weighted by atomic mass is 10.2. The van der Waals surface area contributed by atoms with Crippen LogP contribution in [0.2, 0.25) is 0 Å². The highest BCUT2D eigenvalue weighted by molar-refractivity contribution is 7.98. The number of nitrogens with one attached hydrogen (secondary N) is 1. The second-order valence-corrected chi connectivity index (χ2v) is 7.14. The lowest BCUT2D eigenvalue weighted by Crippen LogP contribution is -2.23. The van der Waals surface area contributed by atoms with Crippen molar-refractivity contribution in [3.63, 3.8) is 0 Å². The van der Waals surface area contributed by atoms with Crippen LogP contribution in [0.4, 0.5) is 0 Å². The van der Waals surface area contributed by atoms with Gasteiger partial charge >= 0.3 is 0 Å². The van der Waals surface area contributed by atoms with Crippen molar-refractivity contribution in [3.8, 4) is 0 Å². The van der Waals surface area contributed by atoms with Crippen LogP contribution in [0.25, 0.3) is 0 Å². The summed E-state index contributed by atoms with van der Waals surface area (Å²) in [5.41, 5.74) is 1.87. The summed E-state index contributed by atoms with van der Waals surface area (Å²) >= 11 is 1.66. The van der Waals surface area contributed by atoms with Crippen molar-refractivity contribution in [2.45, 2.75) is 23.3 Å². The average Bonchev–Trinajstić information content (AvgIpc) is 2.46. The van der Waals surface area contributed by atoms with Crippen LogP contribution in [-0.2, 0) is 16.6 Å². The van der Waals surface area contributed by atoms with Gasteiger partial charge in [0.25, 0.3) is 0 Å². The Bertz CT molecular complexity index is 679. The molecule has 2 aromatic carbocycles. The summed E-state index contributed by atoms with van der Waals surface area (Å²) in [6.45, 7) is 2.17. The molecule has 0 heterocycles. The Morgan fingerprint density at radius 1 is 1.10 bits per heavy atom. The van der Waals surface area contributed by atoms with Gasteiger partial charge in [-0.1, -0.05) is 24.3 Å². The molecule has 0 saturated carbocycles. The molecule has 1 N–H and O–H groups in total. The zero-order valence-electron chi connectivity index (χ0n) is 11.5. The fourth-order valence-corrected chi connectivity index (χ4v) is 3.32. The normalized spacial score (nSPS) is 11.5. The number of sulfonamides is 1. The number of hydrogen-bond acceptors (Lipinski definition) is 3. The van der Waals surface area contributed by atoms with Gasteiger partial charge in [-0.15, -0.1) is 11.8 Å². The van der Waals surface area contributed by atoms with Crippen molar-refractivity contribution in [1.82, 2.24) is 4.72 Å². The van der Waals surface area contributed by atoms with Crippen LogP contribution in [0, 0.1) is 6.92 Å². The number of rotatable bonds is 5. The number of benzene rings is 2. The lowest BCUT2D eigenvalue weighted by molar-refractivity contribution is 0.581. The minimum Gasteiger partial charge on any atom is -0.207 e. The Hall–Kier alpha value is -1.30. The van der Waals surface area contributed by atoms with Crippen LogP contribution < -0.4 is 4.72 Å². The Labute approximate surface area is 124 Å². The third kappa shape index (κ3) is 3.85. The van der Waals surface area contributed by atoms with Gasteiger partial charge in [0.05, 0.1) is 4.90 Å². The van der Waals surface area contributed by atoms with Gasteiger partial charge in [0, 0.05) is 11.4 Å². The van der Waals surface area contributed by atoms with Crippen LogP contribution in [0.15, 0.2) is 58.3 Å². The molecule has 0 spiro atoms. The zero-order chi connectivity index (χ0) is 14.6. The summed E-state index contributed by atoms with van der Waals surface area (Å²) in [6, 6.07) is 14.7. The third-order valence-electron chi connectivity index (χ3n) is 2.93. The van der Waals surface area contributed by atoms with E-state index in [0.717, 1.165) is 16.0 Å². The van der Waals surface area contributed by atoms with Crippen molar-refractivity contribution in [1.29, 1.82) is 0 Å². The Kier molecular flexibility index (Phi) is 4.86. The third-order valence-corrected chi connectivity index (χ3v) is 5.07. The quantitative estimate of drug-likeness (QED) is 0.863. The Morgan fingerprint density at radius 3 is 2.40 bits per heavy atom. The van der Waals surface area contributed by atoms with Gasteiger partial charge in [0.1, 0.15) is 0 Å². The second-order valence-electron chi connectivity index (χ2n) is 4.49. The van der Waals surface area contributed by atoms with E-state index in [9.17, 15) is 8.42 Å². The molecule has 0 saturated heterocycles. The predicted molar refractivity (Wildman–Crippen MR) is 83.4 cm³/mol. The lowest BCUT2D eigenvalue weighted by Gasteiger charge is -2.08. The molecular formula is C15H17NO2S2. The number of thioether (sulfide) groups is 1. The molecule has 0 radical (unpaired) electrons. The molecule has 0 unspecified atom stereocenters. The summed E-state index contributed by atoms with van der Waals surface area (Å²) in [7, 11) is -3.45. The largest absolute Gasteiger partial charge is 0.240 e. The van der Waals surface area contributed by atoms with Crippen molar-refractivity contribution in [3.05, 3.63) is 59.7 Å². The Balaban J connectivity index is 2.09. The monoisotopic (exact) mass is 307 g/mol. The molecule has 2 rings (SSSR count). The van der Waals surface area contributed by atoms with Crippen molar-refractivity contribution in [2.24, 2.45) is 0 Å². The van der Waals surface area contributed by atoms with E-state index in [1.807, 2.05) is 43.5 Å². The fourth-order valence-electron chi connectivity index (χ4n) is 1.79. The fraction of sp³-hybridized carbons (Fsp3) is 0.200. The molecule has 0 fully saturated rings. The molecule has 0 aliphatic heterocycles. The van der Waals surface area contributed by atoms with E-state index < -0.39 is 10.0 Å². The van der Waals surface area contributed by atoms with Crippen LogP contribution in [0.1, 0.15) is 11.1 Å². The van der Waals surface area contributed by atoms with Gasteiger partial charge < -0.3 is 0 Å². The predicted octanol–water partition coefficient (Wildman–Crippen LogP) is 3.20. The van der Waals surface area contributed by atoms with E-state index in [1.54, 1.807) is 30.0 Å². The Morgan fingerprint density at radius 2 is 1.80 bits per heavy atom. The highest BCUT2D eigenvalue weighted by Gasteiger charge is 2.13. The molecule has 0 aromatic heterocycles. The minimum atomic E-state index is -3.45. The smallest absolute Gasteiger partial charge is 0.207 e. The topological polar surface area (TPSA) is 46.2 Å². The molecule has 0 amide bonds. The van der Waals surface area contributed by atoms with Gasteiger partial charge in [-0.25, -0.2) is 13.1 Å². The summed E-state index contributed by atoms with van der Waals surface area (Å²) in [5.74, 6) is 0. The van der Waals surface area contributed by atoms with E-state index in [4.69, 9.17) is 0 Å². The maximum Gasteiger partial charge on any atom is 0.240 e. The van der Waals surface area contributed by atoms with Gasteiger partial charge in [-0.3, -0.25) is 0 Å². The second kappa shape index (κ2) is 6.43. The molecule has 20 heavy (non-hydrogen) atoms. The molecule has 106 valence electrons. The van der Waals surface area contributed by atoms with E-state index >= 15 is 0 Å². The summed E-state index contributed by atoms with van der Waals surface area (Å²) in [4.78, 5) is 1.47. The molecule has 0 atom stereocenters. The first-order valence-corrected chi connectivity index (χ1v) is 8.91. The van der Waals surface area contributed by atoms with E-state index in [1.165, 1.54) is 0 Å². The van der Waals surface area contributed by atoms with Crippen LogP contribution in [0.3, 0.4) is 0 Å². The minimum absolute atomic E-state index is 0.297. The zero-order valence-corrected chi connectivity index (χ0v) is 13.1. The first-order valence-electron chi connectivity index (χ1n) is 6.20. The van der Waals surface area contributed by atoms with Crippen LogP contribution in [0.5, 0.6) is 0 Å². The molecule has 5 heteroatoms. The van der Waals surface area contributed by atoms with Gasteiger partial charge in [0.2, 0.25) is 10.0 Å². The highest BCUT2D eigenvalue weighted by atomic mass is 32.2. The highest BCUT2D eigenvalue weighted by Crippen LogP contribution is 2.15. The van der Waals surface area contributed by atoms with Gasteiger partial charge in [0.15, 0.2) is 0 Å². The standard InChI is InChI=1S/C15H17NO2S2/c1-12-4-3-5-15(10-12)20(17,18)16-11-13-6-8-14(19-2)9-7-13/h3-10,16H,11H2,1-2H3. The van der Waals surface area contributed by atoms with E-state index in [2.05, 4.69) is 4.72 Å². The number of aryl methyl sites for hydroxylation is 1. The van der Waals surface area contributed by atoms with Crippen molar-refractivity contribution < 1.29 is 8.42 Å². The van der Waals surface area contributed by atoms with Crippen molar-refractivity contribution >= 4 is 21.8 Å². The van der Waals surface area contributed by atoms with Crippen molar-refractivity contribution in [2.75, 3.05) is 6.26 Å². The molecule has 0 bridgehead atoms. The van der Waals surface area contributed by atoms with Gasteiger partial charge in [-0.05, 0) is 48.6 Å². The first-order chi connectivity index (χ1) is 9.51. The van der Waals surface area contributed by atoms with Gasteiger partial charge in [-0.2, -0.15) is 0 Å². The maximum atomic E-state index is 12.2. The van der Waals surface area contributed by atoms with E-state index in [-0.39, 0.29) is 0 Å². The molecule has 0 aliphatic rings. The molecular weight excluding hydrogens is 290 g/mol. The molecule has 3 nitrogen and oxygen atoms in total. The van der Waals surface area contributed by atoms with E-state index in [0.29, 0.717) is 11.4 Å². The number of hydrogen-bond donors (Lipinski definition) is 1. The maximum absolute atomic E-state index is 12.2. The first kappa shape index (κ1) is 15.1.